The molecule has 6 heteroatoms. The van der Waals surface area contributed by atoms with E-state index >= 15 is 0 Å². The standard InChI is InChI=1S/C11H18N4OS/c1-4-14(3)10(16)7(2)15-9(8-5-6-8)12-13-11(15)17/h7-8H,4-6H2,1-3H3,(H,13,17). The number of nitrogens with one attached hydrogen (secondary N) is 1. The van der Waals surface area contributed by atoms with E-state index in [4.69, 9.17) is 12.2 Å². The van der Waals surface area contributed by atoms with Crippen molar-refractivity contribution in [3.63, 3.8) is 0 Å². The first kappa shape index (κ1) is 12.3. The molecule has 1 fully saturated rings. The molecule has 5 nitrogen and oxygen atoms in total. The van der Waals surface area contributed by atoms with Gasteiger partial charge >= 0.3 is 0 Å². The first-order valence-electron chi connectivity index (χ1n) is 5.98. The number of nitrogens with zero attached hydrogens (tertiary/aromatic N) is 3. The van der Waals surface area contributed by atoms with Crippen LogP contribution in [0.5, 0.6) is 0 Å². The lowest BCUT2D eigenvalue weighted by molar-refractivity contribution is -0.132. The summed E-state index contributed by atoms with van der Waals surface area (Å²) < 4.78 is 2.40. The molecule has 17 heavy (non-hydrogen) atoms. The van der Waals surface area contributed by atoms with Crippen LogP contribution >= 0.6 is 12.2 Å². The molecular weight excluding hydrogens is 236 g/mol. The van der Waals surface area contributed by atoms with Crippen LogP contribution in [0.25, 0.3) is 0 Å². The molecule has 1 aromatic heterocycles. The largest absolute Gasteiger partial charge is 0.344 e. The van der Waals surface area contributed by atoms with Gasteiger partial charge in [-0.2, -0.15) is 5.10 Å². The van der Waals surface area contributed by atoms with Gasteiger partial charge in [-0.3, -0.25) is 14.5 Å². The highest BCUT2D eigenvalue weighted by Gasteiger charge is 2.32. The fraction of sp³-hybridized carbons (Fsp3) is 0.727. The third-order valence-corrected chi connectivity index (χ3v) is 3.56. The zero-order chi connectivity index (χ0) is 12.6. The lowest BCUT2D eigenvalue weighted by Gasteiger charge is -2.21. The fourth-order valence-corrected chi connectivity index (χ4v) is 2.20. The molecule has 1 atom stereocenters. The minimum atomic E-state index is -0.276. The number of H-pyrrole nitrogens is 1. The molecule has 0 aromatic carbocycles. The molecular formula is C11H18N4OS. The Morgan fingerprint density at radius 3 is 2.88 bits per heavy atom. The number of aromatic amines is 1. The normalized spacial score (nSPS) is 16.9. The van der Waals surface area contributed by atoms with Crippen molar-refractivity contribution >= 4 is 18.1 Å². The van der Waals surface area contributed by atoms with Crippen LogP contribution in [0.3, 0.4) is 0 Å². The molecule has 1 saturated carbocycles. The summed E-state index contributed by atoms with van der Waals surface area (Å²) in [6.45, 7) is 4.54. The highest BCUT2D eigenvalue weighted by atomic mass is 32.1. The maximum atomic E-state index is 12.1. The molecule has 0 bridgehead atoms. The predicted molar refractivity (Wildman–Crippen MR) is 67.4 cm³/mol. The average molecular weight is 254 g/mol. The van der Waals surface area contributed by atoms with Gasteiger partial charge in [-0.05, 0) is 38.9 Å². The zero-order valence-corrected chi connectivity index (χ0v) is 11.3. The molecule has 1 aliphatic rings. The van der Waals surface area contributed by atoms with E-state index in [2.05, 4.69) is 10.2 Å². The van der Waals surface area contributed by atoms with Crippen molar-refractivity contribution in [1.82, 2.24) is 19.7 Å². The van der Waals surface area contributed by atoms with Crippen molar-refractivity contribution in [2.45, 2.75) is 38.6 Å². The summed E-state index contributed by atoms with van der Waals surface area (Å²) in [5.41, 5.74) is 0. The summed E-state index contributed by atoms with van der Waals surface area (Å²) in [5.74, 6) is 1.48. The summed E-state index contributed by atoms with van der Waals surface area (Å²) in [6, 6.07) is -0.276. The molecule has 0 spiro atoms. The monoisotopic (exact) mass is 254 g/mol. The van der Waals surface area contributed by atoms with Crippen LogP contribution < -0.4 is 0 Å². The minimum absolute atomic E-state index is 0.0758. The van der Waals surface area contributed by atoms with Gasteiger partial charge in [0.15, 0.2) is 4.77 Å². The molecule has 0 saturated heterocycles. The Kier molecular flexibility index (Phi) is 3.33. The summed E-state index contributed by atoms with van der Waals surface area (Å²) in [4.78, 5) is 13.8. The number of carbonyl (C=O) groups excluding carboxylic acids is 1. The van der Waals surface area contributed by atoms with Crippen molar-refractivity contribution in [1.29, 1.82) is 0 Å². The van der Waals surface area contributed by atoms with Crippen molar-refractivity contribution in [2.24, 2.45) is 0 Å². The average Bonchev–Trinajstić information content (AvgIpc) is 3.10. The third kappa shape index (κ3) is 2.26. The van der Waals surface area contributed by atoms with Gasteiger partial charge in [0, 0.05) is 19.5 Å². The van der Waals surface area contributed by atoms with Crippen molar-refractivity contribution < 1.29 is 4.79 Å². The van der Waals surface area contributed by atoms with Crippen LogP contribution in [0.4, 0.5) is 0 Å². The molecule has 1 aromatic rings. The van der Waals surface area contributed by atoms with E-state index in [1.54, 1.807) is 11.9 Å². The quantitative estimate of drug-likeness (QED) is 0.834. The van der Waals surface area contributed by atoms with Crippen LogP contribution in [0.2, 0.25) is 0 Å². The maximum Gasteiger partial charge on any atom is 0.245 e. The second-order valence-electron chi connectivity index (χ2n) is 4.56. The Balaban J connectivity index is 2.29. The Labute approximate surface area is 106 Å². The predicted octanol–water partition coefficient (Wildman–Crippen LogP) is 1.86. The van der Waals surface area contributed by atoms with Crippen LogP contribution in [0, 0.1) is 4.77 Å². The third-order valence-electron chi connectivity index (χ3n) is 3.27. The lowest BCUT2D eigenvalue weighted by Crippen LogP contribution is -2.33. The highest BCUT2D eigenvalue weighted by molar-refractivity contribution is 7.71. The lowest BCUT2D eigenvalue weighted by atomic mass is 10.2. The summed E-state index contributed by atoms with van der Waals surface area (Å²) >= 11 is 5.21. The first-order chi connectivity index (χ1) is 8.06. The van der Waals surface area contributed by atoms with Gasteiger partial charge in [0.25, 0.3) is 0 Å². The Morgan fingerprint density at radius 2 is 2.35 bits per heavy atom. The molecule has 0 radical (unpaired) electrons. The summed E-state index contributed by atoms with van der Waals surface area (Å²) in [7, 11) is 1.80. The molecule has 1 amide bonds. The van der Waals surface area contributed by atoms with E-state index < -0.39 is 0 Å². The van der Waals surface area contributed by atoms with Gasteiger partial charge in [0.05, 0.1) is 0 Å². The highest BCUT2D eigenvalue weighted by Crippen LogP contribution is 2.39. The number of likely N-dealkylation sites (N-methyl/N-ethyl adjacent to an activating group) is 1. The van der Waals surface area contributed by atoms with E-state index in [-0.39, 0.29) is 11.9 Å². The first-order valence-corrected chi connectivity index (χ1v) is 6.38. The maximum absolute atomic E-state index is 12.1. The van der Waals surface area contributed by atoms with Crippen molar-refractivity contribution in [3.8, 4) is 0 Å². The number of hydrogen-bond donors (Lipinski definition) is 1. The number of aromatic nitrogens is 3. The smallest absolute Gasteiger partial charge is 0.245 e. The van der Waals surface area contributed by atoms with Gasteiger partial charge in [-0.1, -0.05) is 0 Å². The topological polar surface area (TPSA) is 53.9 Å². The second kappa shape index (κ2) is 4.60. The van der Waals surface area contributed by atoms with Gasteiger partial charge in [0.1, 0.15) is 11.9 Å². The Bertz CT molecular complexity index is 474. The van der Waals surface area contributed by atoms with Gasteiger partial charge in [0.2, 0.25) is 5.91 Å². The SMILES string of the molecule is CCN(C)C(=O)C(C)n1c(C2CC2)n[nH]c1=S. The molecule has 1 unspecified atom stereocenters. The molecule has 1 heterocycles. The minimum Gasteiger partial charge on any atom is -0.344 e. The molecule has 1 N–H and O–H groups in total. The second-order valence-corrected chi connectivity index (χ2v) is 4.95. The Hall–Kier alpha value is -1.17. The Morgan fingerprint density at radius 1 is 1.71 bits per heavy atom. The van der Waals surface area contributed by atoms with Crippen molar-refractivity contribution in [2.75, 3.05) is 13.6 Å². The van der Waals surface area contributed by atoms with Gasteiger partial charge in [-0.15, -0.1) is 0 Å². The van der Waals surface area contributed by atoms with E-state index in [0.29, 0.717) is 17.2 Å². The number of hydrogen-bond acceptors (Lipinski definition) is 3. The zero-order valence-electron chi connectivity index (χ0n) is 10.4. The van der Waals surface area contributed by atoms with Crippen LogP contribution in [0.15, 0.2) is 0 Å². The number of amides is 1. The molecule has 94 valence electrons. The van der Waals surface area contributed by atoms with Gasteiger partial charge < -0.3 is 4.90 Å². The van der Waals surface area contributed by atoms with Crippen molar-refractivity contribution in [3.05, 3.63) is 10.6 Å². The molecule has 0 aliphatic heterocycles. The van der Waals surface area contributed by atoms with Gasteiger partial charge in [-0.25, -0.2) is 0 Å². The van der Waals surface area contributed by atoms with Crippen LogP contribution in [-0.2, 0) is 4.79 Å². The summed E-state index contributed by atoms with van der Waals surface area (Å²) in [6.07, 6.45) is 2.29. The van der Waals surface area contributed by atoms with E-state index in [1.165, 1.54) is 0 Å². The number of rotatable bonds is 4. The van der Waals surface area contributed by atoms with E-state index in [0.717, 1.165) is 18.7 Å². The fourth-order valence-electron chi connectivity index (χ4n) is 1.91. The molecule has 2 rings (SSSR count). The summed E-state index contributed by atoms with van der Waals surface area (Å²) in [5, 5.41) is 7.04. The number of carbonyl (C=O) groups is 1. The van der Waals surface area contributed by atoms with E-state index in [9.17, 15) is 4.79 Å². The van der Waals surface area contributed by atoms with Crippen LogP contribution in [0.1, 0.15) is 44.5 Å². The molecule has 1 aliphatic carbocycles. The van der Waals surface area contributed by atoms with Crippen LogP contribution in [-0.4, -0.2) is 39.2 Å². The van der Waals surface area contributed by atoms with E-state index in [1.807, 2.05) is 18.4 Å².